The third-order valence-corrected chi connectivity index (χ3v) is 5.46. The van der Waals surface area contributed by atoms with Gasteiger partial charge in [0, 0.05) is 0 Å². The van der Waals surface area contributed by atoms with Crippen LogP contribution in [0.3, 0.4) is 0 Å². The fourth-order valence-electron chi connectivity index (χ4n) is 3.16. The van der Waals surface area contributed by atoms with Crippen molar-refractivity contribution in [3.8, 4) is 5.88 Å². The molecule has 0 spiro atoms. The van der Waals surface area contributed by atoms with Crippen LogP contribution in [0.15, 0.2) is 46.7 Å². The van der Waals surface area contributed by atoms with Crippen LogP contribution in [0.4, 0.5) is 0 Å². The van der Waals surface area contributed by atoms with Crippen LogP contribution in [0.2, 0.25) is 0 Å². The van der Waals surface area contributed by atoms with E-state index in [1.54, 1.807) is 25.6 Å². The summed E-state index contributed by atoms with van der Waals surface area (Å²) in [7, 11) is 0. The molecular weight excluding hydrogens is 360 g/mol. The first-order valence-electron chi connectivity index (χ1n) is 9.18. The Balaban J connectivity index is 2.22. The van der Waals surface area contributed by atoms with Gasteiger partial charge in [-0.25, -0.2) is 9.78 Å². The lowest BCUT2D eigenvalue weighted by Gasteiger charge is -2.29. The molecule has 2 aromatic rings. The van der Waals surface area contributed by atoms with Gasteiger partial charge in [-0.3, -0.25) is 0 Å². The molecular formula is C21H24N2O3S. The maximum atomic E-state index is 12.8. The number of hydrogen-bond acceptors (Lipinski definition) is 6. The molecule has 3 rings (SSSR count). The number of allylic oxidation sites excluding steroid dienone is 1. The molecule has 27 heavy (non-hydrogen) atoms. The Morgan fingerprint density at radius 1 is 1.19 bits per heavy atom. The molecule has 0 amide bonds. The number of carbonyl (C=O) groups is 1. The normalized spacial score (nSPS) is 15.9. The number of fused-ring (bicyclic) bond motifs is 1. The summed E-state index contributed by atoms with van der Waals surface area (Å²) in [5, 5.41) is 0.863. The SMILES string of the molecule is CCCSc1nc(C)nc2c1C(c1ccccc1)C(C(=O)OCC)=C(C)O2. The first-order chi connectivity index (χ1) is 13.1. The largest absolute Gasteiger partial charge is 0.463 e. The van der Waals surface area contributed by atoms with E-state index in [1.165, 1.54) is 0 Å². The average Bonchev–Trinajstić information content (AvgIpc) is 2.65. The second-order valence-electron chi connectivity index (χ2n) is 6.28. The fourth-order valence-corrected chi connectivity index (χ4v) is 4.12. The van der Waals surface area contributed by atoms with E-state index in [-0.39, 0.29) is 11.9 Å². The minimum Gasteiger partial charge on any atom is -0.463 e. The van der Waals surface area contributed by atoms with Gasteiger partial charge in [0.1, 0.15) is 16.6 Å². The molecule has 0 saturated heterocycles. The predicted octanol–water partition coefficient (Wildman–Crippen LogP) is 4.65. The van der Waals surface area contributed by atoms with E-state index in [0.29, 0.717) is 29.6 Å². The molecule has 0 fully saturated rings. The van der Waals surface area contributed by atoms with Crippen molar-refractivity contribution in [2.75, 3.05) is 12.4 Å². The smallest absolute Gasteiger partial charge is 0.338 e. The summed E-state index contributed by atoms with van der Waals surface area (Å²) in [6.45, 7) is 7.90. The van der Waals surface area contributed by atoms with E-state index in [0.717, 1.165) is 28.3 Å². The number of aryl methyl sites for hydroxylation is 1. The molecule has 0 saturated carbocycles. The Kier molecular flexibility index (Phi) is 6.16. The molecule has 6 heteroatoms. The third kappa shape index (κ3) is 4.00. The number of benzene rings is 1. The van der Waals surface area contributed by atoms with E-state index < -0.39 is 0 Å². The topological polar surface area (TPSA) is 61.3 Å². The van der Waals surface area contributed by atoms with Crippen LogP contribution in [0, 0.1) is 6.92 Å². The molecule has 1 aliphatic heterocycles. The van der Waals surface area contributed by atoms with Crippen LogP contribution in [0.1, 0.15) is 50.1 Å². The number of aromatic nitrogens is 2. The molecule has 0 aliphatic carbocycles. The second kappa shape index (κ2) is 8.57. The Hall–Kier alpha value is -2.34. The highest BCUT2D eigenvalue weighted by molar-refractivity contribution is 7.99. The molecule has 1 aromatic carbocycles. The van der Waals surface area contributed by atoms with Gasteiger partial charge in [-0.15, -0.1) is 11.8 Å². The van der Waals surface area contributed by atoms with E-state index in [1.807, 2.05) is 37.3 Å². The second-order valence-corrected chi connectivity index (χ2v) is 7.36. The monoisotopic (exact) mass is 384 g/mol. The summed E-state index contributed by atoms with van der Waals surface area (Å²) >= 11 is 1.67. The molecule has 0 bridgehead atoms. The first-order valence-corrected chi connectivity index (χ1v) is 10.2. The molecule has 0 radical (unpaired) electrons. The third-order valence-electron chi connectivity index (χ3n) is 4.27. The zero-order valence-corrected chi connectivity index (χ0v) is 16.9. The summed E-state index contributed by atoms with van der Waals surface area (Å²) in [6, 6.07) is 9.93. The van der Waals surface area contributed by atoms with Gasteiger partial charge < -0.3 is 9.47 Å². The van der Waals surface area contributed by atoms with E-state index in [9.17, 15) is 4.79 Å². The quantitative estimate of drug-likeness (QED) is 0.410. The maximum absolute atomic E-state index is 12.8. The predicted molar refractivity (Wildman–Crippen MR) is 106 cm³/mol. The van der Waals surface area contributed by atoms with Crippen molar-refractivity contribution in [2.24, 2.45) is 0 Å². The highest BCUT2D eigenvalue weighted by Crippen LogP contribution is 2.46. The van der Waals surface area contributed by atoms with Gasteiger partial charge in [0.05, 0.1) is 23.7 Å². The Labute approximate surface area is 164 Å². The van der Waals surface area contributed by atoms with Crippen molar-refractivity contribution in [1.29, 1.82) is 0 Å². The molecule has 1 unspecified atom stereocenters. The van der Waals surface area contributed by atoms with Crippen LogP contribution in [0.5, 0.6) is 5.88 Å². The van der Waals surface area contributed by atoms with Crippen LogP contribution < -0.4 is 4.74 Å². The average molecular weight is 385 g/mol. The van der Waals surface area contributed by atoms with Gasteiger partial charge in [0.15, 0.2) is 0 Å². The first kappa shape index (κ1) is 19.4. The number of rotatable bonds is 6. The minimum atomic E-state index is -0.360. The Bertz CT molecular complexity index is 865. The van der Waals surface area contributed by atoms with Gasteiger partial charge in [-0.2, -0.15) is 4.98 Å². The molecule has 0 N–H and O–H groups in total. The molecule has 1 atom stereocenters. The van der Waals surface area contributed by atoms with Crippen molar-refractivity contribution in [1.82, 2.24) is 9.97 Å². The Morgan fingerprint density at radius 3 is 2.59 bits per heavy atom. The van der Waals surface area contributed by atoms with Gasteiger partial charge in [0.25, 0.3) is 0 Å². The summed E-state index contributed by atoms with van der Waals surface area (Å²) in [4.78, 5) is 22.0. The van der Waals surface area contributed by atoms with Gasteiger partial charge >= 0.3 is 5.97 Å². The summed E-state index contributed by atoms with van der Waals surface area (Å²) in [5.74, 6) is 1.98. The van der Waals surface area contributed by atoms with Crippen molar-refractivity contribution < 1.29 is 14.3 Å². The van der Waals surface area contributed by atoms with Crippen LogP contribution >= 0.6 is 11.8 Å². The molecule has 5 nitrogen and oxygen atoms in total. The highest BCUT2D eigenvalue weighted by atomic mass is 32.2. The summed E-state index contributed by atoms with van der Waals surface area (Å²) < 4.78 is 11.3. The van der Waals surface area contributed by atoms with Crippen LogP contribution in [-0.4, -0.2) is 28.3 Å². The number of ether oxygens (including phenoxy) is 2. The van der Waals surface area contributed by atoms with Crippen molar-refractivity contribution in [3.63, 3.8) is 0 Å². The van der Waals surface area contributed by atoms with Crippen LogP contribution in [-0.2, 0) is 9.53 Å². The Morgan fingerprint density at radius 2 is 1.93 bits per heavy atom. The van der Waals surface area contributed by atoms with Crippen molar-refractivity contribution in [2.45, 2.75) is 45.1 Å². The number of thioether (sulfide) groups is 1. The lowest BCUT2D eigenvalue weighted by atomic mass is 9.84. The van der Waals surface area contributed by atoms with Crippen molar-refractivity contribution >= 4 is 17.7 Å². The standard InChI is InChI=1S/C21H24N2O3S/c1-5-12-27-20-18-17(15-10-8-7-9-11-15)16(21(24)25-6-2)13(3)26-19(18)22-14(4)23-20/h7-11,17H,5-6,12H2,1-4H3. The number of hydrogen-bond donors (Lipinski definition) is 0. The summed E-state index contributed by atoms with van der Waals surface area (Å²) in [5.41, 5.74) is 2.36. The lowest BCUT2D eigenvalue weighted by Crippen LogP contribution is -2.25. The number of carbonyl (C=O) groups excluding carboxylic acids is 1. The van der Waals surface area contributed by atoms with Gasteiger partial charge in [-0.1, -0.05) is 37.3 Å². The van der Waals surface area contributed by atoms with Gasteiger partial charge in [-0.05, 0) is 38.5 Å². The number of nitrogens with zero attached hydrogens (tertiary/aromatic N) is 2. The van der Waals surface area contributed by atoms with E-state index in [2.05, 4.69) is 16.9 Å². The number of esters is 1. The fraction of sp³-hybridized carbons (Fsp3) is 0.381. The minimum absolute atomic E-state index is 0.311. The maximum Gasteiger partial charge on any atom is 0.338 e. The zero-order valence-electron chi connectivity index (χ0n) is 16.1. The molecule has 142 valence electrons. The lowest BCUT2D eigenvalue weighted by molar-refractivity contribution is -0.139. The summed E-state index contributed by atoms with van der Waals surface area (Å²) in [6.07, 6.45) is 1.03. The van der Waals surface area contributed by atoms with Gasteiger partial charge in [0.2, 0.25) is 5.88 Å². The van der Waals surface area contributed by atoms with E-state index in [4.69, 9.17) is 9.47 Å². The highest BCUT2D eigenvalue weighted by Gasteiger charge is 2.38. The van der Waals surface area contributed by atoms with Crippen molar-refractivity contribution in [3.05, 3.63) is 58.6 Å². The molecule has 1 aromatic heterocycles. The zero-order chi connectivity index (χ0) is 19.4. The van der Waals surface area contributed by atoms with E-state index >= 15 is 0 Å². The van der Waals surface area contributed by atoms with Crippen LogP contribution in [0.25, 0.3) is 0 Å². The molecule has 2 heterocycles. The molecule has 1 aliphatic rings.